The van der Waals surface area contributed by atoms with Crippen LogP contribution in [-0.4, -0.2) is 73.6 Å². The summed E-state index contributed by atoms with van der Waals surface area (Å²) in [5.74, 6) is 0.117. The summed E-state index contributed by atoms with van der Waals surface area (Å²) in [4.78, 5) is 31.7. The summed E-state index contributed by atoms with van der Waals surface area (Å²) < 4.78 is 5.40. The van der Waals surface area contributed by atoms with Crippen molar-refractivity contribution >= 4 is 17.5 Å². The summed E-state index contributed by atoms with van der Waals surface area (Å²) in [5, 5.41) is 0. The highest BCUT2D eigenvalue weighted by atomic mass is 16.5. The molecule has 6 heteroatoms. The van der Waals surface area contributed by atoms with Crippen LogP contribution < -0.4 is 4.90 Å². The van der Waals surface area contributed by atoms with Crippen LogP contribution in [0.4, 0.5) is 5.69 Å². The maximum atomic E-state index is 13.0. The highest BCUT2D eigenvalue weighted by Gasteiger charge is 2.40. The molecule has 3 heterocycles. The normalized spacial score (nSPS) is 24.6. The molecule has 0 spiro atoms. The highest BCUT2D eigenvalue weighted by molar-refractivity contribution is 5.89. The average molecular weight is 371 g/mol. The van der Waals surface area contributed by atoms with Gasteiger partial charge in [0, 0.05) is 64.1 Å². The van der Waals surface area contributed by atoms with E-state index in [2.05, 4.69) is 36.1 Å². The van der Waals surface area contributed by atoms with Crippen LogP contribution in [0.2, 0.25) is 0 Å². The number of rotatable bonds is 3. The Morgan fingerprint density at radius 1 is 1.11 bits per heavy atom. The first-order chi connectivity index (χ1) is 13.1. The van der Waals surface area contributed by atoms with E-state index in [4.69, 9.17) is 4.74 Å². The van der Waals surface area contributed by atoms with Gasteiger partial charge < -0.3 is 19.4 Å². The van der Waals surface area contributed by atoms with E-state index >= 15 is 0 Å². The fourth-order valence-electron chi connectivity index (χ4n) is 4.51. The Kier molecular flexibility index (Phi) is 5.34. The molecule has 0 bridgehead atoms. The molecule has 1 atom stereocenters. The second-order valence-electron chi connectivity index (χ2n) is 7.94. The van der Waals surface area contributed by atoms with Crippen molar-refractivity contribution in [3.8, 4) is 0 Å². The zero-order valence-electron chi connectivity index (χ0n) is 16.1. The van der Waals surface area contributed by atoms with Gasteiger partial charge in [0.2, 0.25) is 11.8 Å². The third kappa shape index (κ3) is 3.95. The van der Waals surface area contributed by atoms with Crippen molar-refractivity contribution in [2.75, 3.05) is 50.8 Å². The zero-order chi connectivity index (χ0) is 18.8. The van der Waals surface area contributed by atoms with E-state index in [0.29, 0.717) is 26.2 Å². The second kappa shape index (κ2) is 7.89. The molecule has 3 fully saturated rings. The van der Waals surface area contributed by atoms with Gasteiger partial charge in [-0.1, -0.05) is 12.1 Å². The van der Waals surface area contributed by atoms with Gasteiger partial charge in [0.1, 0.15) is 0 Å². The molecule has 0 aliphatic carbocycles. The fraction of sp³-hybridized carbons (Fsp3) is 0.619. The maximum Gasteiger partial charge on any atom is 0.228 e. The van der Waals surface area contributed by atoms with Crippen molar-refractivity contribution in [1.29, 1.82) is 0 Å². The number of amides is 2. The van der Waals surface area contributed by atoms with E-state index in [1.807, 2.05) is 9.80 Å². The minimum atomic E-state index is -0.175. The third-order valence-electron chi connectivity index (χ3n) is 6.10. The summed E-state index contributed by atoms with van der Waals surface area (Å²) in [7, 11) is 0. The lowest BCUT2D eigenvalue weighted by molar-refractivity contribution is -0.136. The number of anilines is 1. The van der Waals surface area contributed by atoms with Crippen molar-refractivity contribution in [2.24, 2.45) is 5.92 Å². The SMILES string of the molecule is Cc1cccc(N2CCN(C(=O)C3CC(=O)N(C4CCOCC4)C3)CC2)c1. The number of carbonyl (C=O) groups is 2. The van der Waals surface area contributed by atoms with E-state index in [1.165, 1.54) is 11.3 Å². The smallest absolute Gasteiger partial charge is 0.228 e. The van der Waals surface area contributed by atoms with Crippen molar-refractivity contribution in [3.63, 3.8) is 0 Å². The molecule has 1 aromatic rings. The Hall–Kier alpha value is -2.08. The van der Waals surface area contributed by atoms with Crippen molar-refractivity contribution in [1.82, 2.24) is 9.80 Å². The number of ether oxygens (including phenoxy) is 1. The zero-order valence-corrected chi connectivity index (χ0v) is 16.1. The van der Waals surface area contributed by atoms with Gasteiger partial charge in [-0.3, -0.25) is 9.59 Å². The standard InChI is InChI=1S/C21H29N3O3/c1-16-3-2-4-19(13-16)22-7-9-23(10-8-22)21(26)17-14-20(25)24(15-17)18-5-11-27-12-6-18/h2-4,13,17-18H,5-12,14-15H2,1H3. The number of aryl methyl sites for hydroxylation is 1. The van der Waals surface area contributed by atoms with Crippen molar-refractivity contribution in [2.45, 2.75) is 32.2 Å². The fourth-order valence-corrected chi connectivity index (χ4v) is 4.51. The largest absolute Gasteiger partial charge is 0.381 e. The lowest BCUT2D eigenvalue weighted by Gasteiger charge is -2.37. The molecule has 0 aromatic heterocycles. The van der Waals surface area contributed by atoms with Gasteiger partial charge in [-0.05, 0) is 37.5 Å². The number of benzene rings is 1. The van der Waals surface area contributed by atoms with Crippen LogP contribution in [-0.2, 0) is 14.3 Å². The van der Waals surface area contributed by atoms with E-state index in [0.717, 1.165) is 39.0 Å². The van der Waals surface area contributed by atoms with Crippen LogP contribution in [0.3, 0.4) is 0 Å². The number of hydrogen-bond acceptors (Lipinski definition) is 4. The molecule has 4 rings (SSSR count). The summed E-state index contributed by atoms with van der Waals surface area (Å²) in [6.45, 7) is 7.27. The maximum absolute atomic E-state index is 13.0. The molecule has 0 radical (unpaired) electrons. The van der Waals surface area contributed by atoms with Gasteiger partial charge in [-0.15, -0.1) is 0 Å². The Labute approximate surface area is 161 Å². The Morgan fingerprint density at radius 3 is 2.56 bits per heavy atom. The van der Waals surface area contributed by atoms with Gasteiger partial charge in [0.05, 0.1) is 5.92 Å². The topological polar surface area (TPSA) is 53.1 Å². The van der Waals surface area contributed by atoms with Gasteiger partial charge >= 0.3 is 0 Å². The van der Waals surface area contributed by atoms with Crippen LogP contribution in [0, 0.1) is 12.8 Å². The van der Waals surface area contributed by atoms with E-state index in [-0.39, 0.29) is 23.8 Å². The van der Waals surface area contributed by atoms with Gasteiger partial charge in [-0.25, -0.2) is 0 Å². The molecular formula is C21H29N3O3. The first-order valence-electron chi connectivity index (χ1n) is 10.1. The molecule has 146 valence electrons. The molecule has 27 heavy (non-hydrogen) atoms. The molecule has 3 aliphatic rings. The van der Waals surface area contributed by atoms with Gasteiger partial charge in [-0.2, -0.15) is 0 Å². The van der Waals surface area contributed by atoms with E-state index in [9.17, 15) is 9.59 Å². The van der Waals surface area contributed by atoms with E-state index in [1.54, 1.807) is 0 Å². The van der Waals surface area contributed by atoms with Crippen molar-refractivity contribution < 1.29 is 14.3 Å². The number of carbonyl (C=O) groups excluding carboxylic acids is 2. The van der Waals surface area contributed by atoms with Gasteiger partial charge in [0.15, 0.2) is 0 Å². The molecule has 6 nitrogen and oxygen atoms in total. The summed E-state index contributed by atoms with van der Waals surface area (Å²) in [5.41, 5.74) is 2.48. The molecule has 0 saturated carbocycles. The first-order valence-corrected chi connectivity index (χ1v) is 10.1. The third-order valence-corrected chi connectivity index (χ3v) is 6.10. The van der Waals surface area contributed by atoms with Crippen LogP contribution in [0.15, 0.2) is 24.3 Å². The number of nitrogens with zero attached hydrogens (tertiary/aromatic N) is 3. The Bertz CT molecular complexity index is 694. The first kappa shape index (κ1) is 18.3. The Balaban J connectivity index is 1.32. The predicted molar refractivity (Wildman–Crippen MR) is 104 cm³/mol. The van der Waals surface area contributed by atoms with E-state index < -0.39 is 0 Å². The lowest BCUT2D eigenvalue weighted by atomic mass is 10.1. The molecule has 3 aliphatic heterocycles. The molecule has 0 N–H and O–H groups in total. The lowest BCUT2D eigenvalue weighted by Crippen LogP contribution is -2.51. The summed E-state index contributed by atoms with van der Waals surface area (Å²) in [6, 6.07) is 8.76. The minimum Gasteiger partial charge on any atom is -0.381 e. The van der Waals surface area contributed by atoms with Crippen LogP contribution in [0.25, 0.3) is 0 Å². The molecule has 3 saturated heterocycles. The molecular weight excluding hydrogens is 342 g/mol. The van der Waals surface area contributed by atoms with Crippen LogP contribution in [0.1, 0.15) is 24.8 Å². The monoisotopic (exact) mass is 371 g/mol. The highest BCUT2D eigenvalue weighted by Crippen LogP contribution is 2.27. The minimum absolute atomic E-state index is 0.138. The Morgan fingerprint density at radius 2 is 1.85 bits per heavy atom. The summed E-state index contributed by atoms with van der Waals surface area (Å²) >= 11 is 0. The van der Waals surface area contributed by atoms with Crippen LogP contribution in [0.5, 0.6) is 0 Å². The molecule has 1 unspecified atom stereocenters. The average Bonchev–Trinajstić information content (AvgIpc) is 3.10. The second-order valence-corrected chi connectivity index (χ2v) is 7.94. The van der Waals surface area contributed by atoms with Crippen molar-refractivity contribution in [3.05, 3.63) is 29.8 Å². The number of likely N-dealkylation sites (tertiary alicyclic amines) is 1. The molecule has 2 amide bonds. The van der Waals surface area contributed by atoms with Crippen LogP contribution >= 0.6 is 0 Å². The quantitative estimate of drug-likeness (QED) is 0.811. The molecule has 1 aromatic carbocycles. The van der Waals surface area contributed by atoms with Gasteiger partial charge in [0.25, 0.3) is 0 Å². The predicted octanol–water partition coefficient (Wildman–Crippen LogP) is 1.67. The summed E-state index contributed by atoms with van der Waals surface area (Å²) in [6.07, 6.45) is 2.15. The number of hydrogen-bond donors (Lipinski definition) is 0. The number of piperazine rings is 1.